The Balaban J connectivity index is 1.46. The van der Waals surface area contributed by atoms with E-state index in [0.29, 0.717) is 5.92 Å². The van der Waals surface area contributed by atoms with Crippen LogP contribution in [0.5, 0.6) is 0 Å². The molecule has 200 valence electrons. The second-order valence-corrected chi connectivity index (χ2v) is 11.5. The van der Waals surface area contributed by atoms with Gasteiger partial charge in [-0.1, -0.05) is 128 Å². The Morgan fingerprint density at radius 3 is 2.02 bits per heavy atom. The zero-order chi connectivity index (χ0) is 28.0. The predicted octanol–water partition coefficient (Wildman–Crippen LogP) is 11.5. The summed E-state index contributed by atoms with van der Waals surface area (Å²) in [4.78, 5) is 0. The molecule has 7 aromatic rings. The quantitative estimate of drug-likeness (QED) is 0.220. The molecule has 42 heavy (non-hydrogen) atoms. The number of anilines is 1. The van der Waals surface area contributed by atoms with Gasteiger partial charge in [0.1, 0.15) is 0 Å². The number of benzene rings is 7. The molecule has 0 saturated carbocycles. The Bertz CT molecular complexity index is 2210. The summed E-state index contributed by atoms with van der Waals surface area (Å²) in [6.45, 7) is 2.26. The fourth-order valence-corrected chi connectivity index (χ4v) is 6.67. The molecule has 0 saturated heterocycles. The molecule has 8 rings (SSSR count). The van der Waals surface area contributed by atoms with E-state index in [4.69, 9.17) is 0 Å². The summed E-state index contributed by atoms with van der Waals surface area (Å²) >= 11 is 0. The molecule has 1 heteroatoms. The van der Waals surface area contributed by atoms with Crippen molar-refractivity contribution in [2.45, 2.75) is 13.3 Å². The first kappa shape index (κ1) is 24.6. The first-order valence-electron chi connectivity index (χ1n) is 14.8. The van der Waals surface area contributed by atoms with Crippen molar-refractivity contribution >= 4 is 48.8 Å². The zero-order valence-electron chi connectivity index (χ0n) is 23.6. The second kappa shape index (κ2) is 10.0. The van der Waals surface area contributed by atoms with E-state index < -0.39 is 0 Å². The van der Waals surface area contributed by atoms with Crippen LogP contribution in [-0.2, 0) is 0 Å². The van der Waals surface area contributed by atoms with Crippen LogP contribution in [0, 0.1) is 5.92 Å². The summed E-state index contributed by atoms with van der Waals surface area (Å²) in [5.41, 5.74) is 7.30. The molecule has 1 aliphatic rings. The number of rotatable bonds is 4. The highest BCUT2D eigenvalue weighted by molar-refractivity contribution is 6.27. The number of fused-ring (bicyclic) bond motifs is 6. The number of allylic oxidation sites excluding steroid dienone is 3. The molecule has 0 amide bonds. The number of nitrogens with one attached hydrogen (secondary N) is 1. The minimum absolute atomic E-state index is 0.581. The van der Waals surface area contributed by atoms with Crippen molar-refractivity contribution in [1.82, 2.24) is 0 Å². The average Bonchev–Trinajstić information content (AvgIpc) is 3.05. The smallest absolute Gasteiger partial charge is 0.0464 e. The normalized spacial score (nSPS) is 15.0. The lowest BCUT2D eigenvalue weighted by atomic mass is 9.85. The predicted molar refractivity (Wildman–Crippen MR) is 182 cm³/mol. The number of hydrogen-bond acceptors (Lipinski definition) is 1. The first-order valence-corrected chi connectivity index (χ1v) is 14.8. The van der Waals surface area contributed by atoms with Crippen LogP contribution in [0.2, 0.25) is 0 Å². The summed E-state index contributed by atoms with van der Waals surface area (Å²) in [5.74, 6) is 0.581. The highest BCUT2D eigenvalue weighted by Crippen LogP contribution is 2.45. The Morgan fingerprint density at radius 1 is 0.524 bits per heavy atom. The number of hydrogen-bond donors (Lipinski definition) is 1. The topological polar surface area (TPSA) is 12.0 Å². The van der Waals surface area contributed by atoms with Crippen molar-refractivity contribution in [1.29, 1.82) is 0 Å². The van der Waals surface area contributed by atoms with E-state index in [1.165, 1.54) is 65.3 Å². The second-order valence-electron chi connectivity index (χ2n) is 11.5. The third-order valence-corrected chi connectivity index (χ3v) is 8.75. The first-order chi connectivity index (χ1) is 20.7. The molecule has 0 spiro atoms. The minimum atomic E-state index is 0.581. The zero-order valence-corrected chi connectivity index (χ0v) is 23.6. The molecule has 0 aromatic heterocycles. The fraction of sp³-hybridized carbons (Fsp3) is 0.0732. The van der Waals surface area contributed by atoms with Gasteiger partial charge in [-0.05, 0) is 96.4 Å². The van der Waals surface area contributed by atoms with Crippen molar-refractivity contribution in [2.24, 2.45) is 5.92 Å². The summed E-state index contributed by atoms with van der Waals surface area (Å²) < 4.78 is 0. The van der Waals surface area contributed by atoms with Gasteiger partial charge in [0.05, 0.1) is 0 Å². The van der Waals surface area contributed by atoms with Gasteiger partial charge >= 0.3 is 0 Å². The molecule has 0 aliphatic heterocycles. The van der Waals surface area contributed by atoms with Gasteiger partial charge in [0, 0.05) is 16.9 Å². The fourth-order valence-electron chi connectivity index (χ4n) is 6.67. The molecule has 1 nitrogen and oxygen atoms in total. The molecule has 1 unspecified atom stereocenters. The monoisotopic (exact) mass is 537 g/mol. The molecule has 1 aliphatic carbocycles. The van der Waals surface area contributed by atoms with Crippen LogP contribution in [-0.4, -0.2) is 0 Å². The van der Waals surface area contributed by atoms with Crippen molar-refractivity contribution in [3.8, 4) is 22.3 Å². The van der Waals surface area contributed by atoms with Gasteiger partial charge in [0.15, 0.2) is 0 Å². The Morgan fingerprint density at radius 2 is 1.19 bits per heavy atom. The largest absolute Gasteiger partial charge is 0.355 e. The minimum Gasteiger partial charge on any atom is -0.355 e. The molecule has 0 bridgehead atoms. The Hall–Kier alpha value is -5.14. The Labute approximate surface area is 246 Å². The van der Waals surface area contributed by atoms with Gasteiger partial charge in [0.25, 0.3) is 0 Å². The molecule has 0 fully saturated rings. The summed E-state index contributed by atoms with van der Waals surface area (Å²) in [6, 6.07) is 46.7. The van der Waals surface area contributed by atoms with Crippen molar-refractivity contribution in [3.05, 3.63) is 151 Å². The lowest BCUT2D eigenvalue weighted by Gasteiger charge is -2.20. The van der Waals surface area contributed by atoms with E-state index in [-0.39, 0.29) is 0 Å². The maximum absolute atomic E-state index is 3.76. The van der Waals surface area contributed by atoms with Gasteiger partial charge in [-0.3, -0.25) is 0 Å². The molecule has 1 N–H and O–H groups in total. The van der Waals surface area contributed by atoms with Gasteiger partial charge in [0.2, 0.25) is 0 Å². The number of para-hydroxylation sites is 1. The van der Waals surface area contributed by atoms with Crippen molar-refractivity contribution in [3.63, 3.8) is 0 Å². The molecular weight excluding hydrogens is 506 g/mol. The van der Waals surface area contributed by atoms with E-state index in [9.17, 15) is 0 Å². The highest BCUT2D eigenvalue weighted by Gasteiger charge is 2.18. The molecule has 0 heterocycles. The van der Waals surface area contributed by atoms with Gasteiger partial charge in [-0.25, -0.2) is 0 Å². The van der Waals surface area contributed by atoms with E-state index in [2.05, 4.69) is 158 Å². The van der Waals surface area contributed by atoms with E-state index >= 15 is 0 Å². The van der Waals surface area contributed by atoms with Crippen LogP contribution in [0.4, 0.5) is 5.69 Å². The third-order valence-electron chi connectivity index (χ3n) is 8.75. The SMILES string of the molecule is CC1C=CC(Nc2ccccc2-c2cc3ccccc3c3cc(-c4cccc5ccccc45)c4ccccc4c23)=CC1. The van der Waals surface area contributed by atoms with Gasteiger partial charge in [-0.15, -0.1) is 0 Å². The summed E-state index contributed by atoms with van der Waals surface area (Å²) in [6.07, 6.45) is 7.88. The van der Waals surface area contributed by atoms with Crippen LogP contribution >= 0.6 is 0 Å². The molecule has 7 aromatic carbocycles. The lowest BCUT2D eigenvalue weighted by molar-refractivity contribution is 0.731. The standard InChI is InChI=1S/C41H31N/c1-27-21-23-30(24-22-27)42-40-20-9-8-17-35(40)38-25-29-12-3-5-15-32(29)39-26-37(34-16-6-7-18-36(34)41(38)39)33-19-10-13-28-11-2-4-14-31(28)33/h2-21,23-27,42H,22H2,1H3. The van der Waals surface area contributed by atoms with Crippen molar-refractivity contribution < 1.29 is 0 Å². The maximum atomic E-state index is 3.76. The summed E-state index contributed by atoms with van der Waals surface area (Å²) in [7, 11) is 0. The maximum Gasteiger partial charge on any atom is 0.0464 e. The van der Waals surface area contributed by atoms with E-state index in [1.807, 2.05) is 0 Å². The Kier molecular flexibility index (Phi) is 5.89. The highest BCUT2D eigenvalue weighted by atomic mass is 14.9. The van der Waals surface area contributed by atoms with Crippen LogP contribution in [0.15, 0.2) is 151 Å². The van der Waals surface area contributed by atoms with Crippen LogP contribution in [0.3, 0.4) is 0 Å². The van der Waals surface area contributed by atoms with Crippen LogP contribution in [0.25, 0.3) is 65.3 Å². The lowest BCUT2D eigenvalue weighted by Crippen LogP contribution is -2.04. The molecular formula is C41H31N. The van der Waals surface area contributed by atoms with Gasteiger partial charge in [-0.2, -0.15) is 0 Å². The third kappa shape index (κ3) is 4.09. The van der Waals surface area contributed by atoms with Crippen LogP contribution in [0.1, 0.15) is 13.3 Å². The van der Waals surface area contributed by atoms with Crippen LogP contribution < -0.4 is 5.32 Å². The molecule has 0 radical (unpaired) electrons. The van der Waals surface area contributed by atoms with E-state index in [1.54, 1.807) is 0 Å². The van der Waals surface area contributed by atoms with Gasteiger partial charge < -0.3 is 5.32 Å². The molecule has 1 atom stereocenters. The summed E-state index contributed by atoms with van der Waals surface area (Å²) in [5, 5.41) is 14.0. The van der Waals surface area contributed by atoms with Crippen molar-refractivity contribution in [2.75, 3.05) is 5.32 Å². The van der Waals surface area contributed by atoms with E-state index in [0.717, 1.165) is 17.8 Å². The average molecular weight is 538 g/mol.